The minimum atomic E-state index is -0.755. The van der Waals surface area contributed by atoms with Crippen LogP contribution in [0, 0.1) is 5.82 Å². The maximum absolute atomic E-state index is 13.6. The fraction of sp³-hybridized carbons (Fsp3) is 0.217. The smallest absolute Gasteiger partial charge is 0.254 e. The van der Waals surface area contributed by atoms with Gasteiger partial charge >= 0.3 is 0 Å². The first-order valence-corrected chi connectivity index (χ1v) is 10.9. The van der Waals surface area contributed by atoms with Crippen LogP contribution >= 0.6 is 22.9 Å². The summed E-state index contributed by atoms with van der Waals surface area (Å²) in [7, 11) is 4.65. The quantitative estimate of drug-likeness (QED) is 0.558. The minimum absolute atomic E-state index is 0.0969. The summed E-state index contributed by atoms with van der Waals surface area (Å²) in [4.78, 5) is 29.2. The maximum atomic E-state index is 13.6. The van der Waals surface area contributed by atoms with Crippen molar-refractivity contribution in [1.29, 1.82) is 0 Å². The predicted octanol–water partition coefficient (Wildman–Crippen LogP) is 5.11. The summed E-state index contributed by atoms with van der Waals surface area (Å²) in [6.45, 7) is 0. The first-order chi connectivity index (χ1) is 15.3. The molecule has 0 unspecified atom stereocenters. The molecule has 0 radical (unpaired) electrons. The van der Waals surface area contributed by atoms with Gasteiger partial charge in [-0.2, -0.15) is 0 Å². The van der Waals surface area contributed by atoms with E-state index in [9.17, 15) is 14.0 Å². The molecule has 0 aliphatic carbocycles. The Bertz CT molecular complexity index is 1180. The zero-order valence-corrected chi connectivity index (χ0v) is 19.1. The number of halogens is 2. The van der Waals surface area contributed by atoms with Gasteiger partial charge in [0.15, 0.2) is 11.5 Å². The number of ether oxygens (including phenoxy) is 2. The summed E-state index contributed by atoms with van der Waals surface area (Å²) in [5.74, 6) is -1.11. The molecule has 0 spiro atoms. The van der Waals surface area contributed by atoms with Crippen molar-refractivity contribution < 1.29 is 23.5 Å². The monoisotopic (exact) mass is 474 g/mol. The molecule has 1 aliphatic heterocycles. The lowest BCUT2D eigenvalue weighted by Gasteiger charge is -2.39. The summed E-state index contributed by atoms with van der Waals surface area (Å²) in [5, 5.41) is 4.62. The number of hydrogen-bond donors (Lipinski definition) is 1. The Morgan fingerprint density at radius 3 is 2.50 bits per heavy atom. The molecule has 2 heterocycles. The second-order valence-corrected chi connectivity index (χ2v) is 8.65. The van der Waals surface area contributed by atoms with Crippen molar-refractivity contribution in [2.24, 2.45) is 0 Å². The Morgan fingerprint density at radius 2 is 1.88 bits per heavy atom. The topological polar surface area (TPSA) is 67.9 Å². The second-order valence-electron chi connectivity index (χ2n) is 7.27. The van der Waals surface area contributed by atoms with E-state index in [1.54, 1.807) is 24.1 Å². The number of carbonyl (C=O) groups is 2. The van der Waals surface area contributed by atoms with Crippen LogP contribution in [0.2, 0.25) is 5.02 Å². The van der Waals surface area contributed by atoms with E-state index in [1.165, 1.54) is 43.8 Å². The molecule has 0 fully saturated rings. The first kappa shape index (κ1) is 22.1. The number of carbonyl (C=O) groups excluding carboxylic acids is 2. The van der Waals surface area contributed by atoms with Crippen LogP contribution in [-0.2, 0) is 4.79 Å². The van der Waals surface area contributed by atoms with E-state index in [-0.39, 0.29) is 16.8 Å². The zero-order valence-electron chi connectivity index (χ0n) is 17.5. The molecule has 4 rings (SSSR count). The molecule has 2 atom stereocenters. The number of anilines is 1. The number of rotatable bonds is 5. The lowest BCUT2D eigenvalue weighted by molar-refractivity contribution is -0.119. The first-order valence-electron chi connectivity index (χ1n) is 9.68. The number of likely N-dealkylation sites (N-methyl/N-ethyl adjacent to an activating group) is 1. The molecule has 9 heteroatoms. The molecule has 1 aromatic heterocycles. The molecular weight excluding hydrogens is 455 g/mol. The van der Waals surface area contributed by atoms with Crippen LogP contribution in [0.15, 0.2) is 47.8 Å². The van der Waals surface area contributed by atoms with Crippen molar-refractivity contribution in [3.63, 3.8) is 0 Å². The van der Waals surface area contributed by atoms with Gasteiger partial charge in [0.2, 0.25) is 5.91 Å². The fourth-order valence-corrected chi connectivity index (χ4v) is 5.03. The highest BCUT2D eigenvalue weighted by Crippen LogP contribution is 2.46. The van der Waals surface area contributed by atoms with Crippen molar-refractivity contribution in [2.45, 2.75) is 12.0 Å². The summed E-state index contributed by atoms with van der Waals surface area (Å²) in [5.41, 5.74) is 1.23. The second kappa shape index (κ2) is 8.80. The Labute approximate surface area is 193 Å². The zero-order chi connectivity index (χ0) is 23.0. The summed E-state index contributed by atoms with van der Waals surface area (Å²) in [6.07, 6.45) is 0. The number of nitrogens with one attached hydrogen (secondary N) is 1. The summed E-state index contributed by atoms with van der Waals surface area (Å²) >= 11 is 7.34. The van der Waals surface area contributed by atoms with Crippen LogP contribution in [0.4, 0.5) is 10.1 Å². The Morgan fingerprint density at radius 1 is 1.16 bits per heavy atom. The van der Waals surface area contributed by atoms with E-state index in [1.807, 2.05) is 17.5 Å². The van der Waals surface area contributed by atoms with Gasteiger partial charge in [-0.05, 0) is 47.3 Å². The number of nitrogens with zero attached hydrogens (tertiary/aromatic N) is 1. The molecule has 6 nitrogen and oxygen atoms in total. The Balaban J connectivity index is 1.85. The molecule has 3 aromatic rings. The number of methoxy groups -OCH3 is 2. The normalized spacial score (nSPS) is 17.7. The van der Waals surface area contributed by atoms with Crippen molar-refractivity contribution in [3.8, 4) is 11.5 Å². The number of thiophene rings is 1. The van der Waals surface area contributed by atoms with Crippen LogP contribution in [0.5, 0.6) is 11.5 Å². The highest BCUT2D eigenvalue weighted by Gasteiger charge is 2.44. The number of hydrogen-bond acceptors (Lipinski definition) is 5. The fourth-order valence-electron chi connectivity index (χ4n) is 3.94. The summed E-state index contributed by atoms with van der Waals surface area (Å²) < 4.78 is 24.4. The van der Waals surface area contributed by atoms with Crippen molar-refractivity contribution in [1.82, 2.24) is 4.90 Å². The molecule has 1 aliphatic rings. The van der Waals surface area contributed by atoms with Crippen LogP contribution in [-0.4, -0.2) is 38.0 Å². The number of benzene rings is 2. The van der Waals surface area contributed by atoms with Crippen molar-refractivity contribution in [2.75, 3.05) is 26.6 Å². The standard InChI is InChI=1S/C23H20ClFN2O4S/c1-27-21(19-5-4-8-32-19)20(22(28)26-12-6-7-16(25)15(24)9-12)13-10-17(30-2)18(31-3)11-14(13)23(27)29/h4-11,20-21H,1-3H3,(H,26,28)/t20-,21+/m0/s1. The average molecular weight is 475 g/mol. The van der Waals surface area contributed by atoms with Crippen LogP contribution in [0.3, 0.4) is 0 Å². The SMILES string of the molecule is COc1cc2c(cc1OC)[C@H](C(=O)Nc1ccc(F)c(Cl)c1)[C@@H](c1cccs1)N(C)C2=O. The molecule has 2 aromatic carbocycles. The van der Waals surface area contributed by atoms with Crippen LogP contribution in [0.1, 0.15) is 32.8 Å². The van der Waals surface area contributed by atoms with Gasteiger partial charge in [0.05, 0.1) is 31.2 Å². The molecule has 2 amide bonds. The third-order valence-electron chi connectivity index (χ3n) is 5.48. The summed E-state index contributed by atoms with van der Waals surface area (Å²) in [6, 6.07) is 10.5. The molecule has 32 heavy (non-hydrogen) atoms. The highest BCUT2D eigenvalue weighted by atomic mass is 35.5. The highest BCUT2D eigenvalue weighted by molar-refractivity contribution is 7.10. The van der Waals surface area contributed by atoms with E-state index in [4.69, 9.17) is 21.1 Å². The van der Waals surface area contributed by atoms with E-state index in [0.717, 1.165) is 4.88 Å². The maximum Gasteiger partial charge on any atom is 0.254 e. The third-order valence-corrected chi connectivity index (χ3v) is 6.71. The van der Waals surface area contributed by atoms with Crippen LogP contribution in [0.25, 0.3) is 0 Å². The van der Waals surface area contributed by atoms with Gasteiger partial charge in [-0.1, -0.05) is 17.7 Å². The van der Waals surface area contributed by atoms with Crippen LogP contribution < -0.4 is 14.8 Å². The molecule has 0 saturated carbocycles. The largest absolute Gasteiger partial charge is 0.493 e. The molecule has 0 saturated heterocycles. The number of fused-ring (bicyclic) bond motifs is 1. The lowest BCUT2D eigenvalue weighted by atomic mass is 9.81. The van der Waals surface area contributed by atoms with Crippen molar-refractivity contribution >= 4 is 40.4 Å². The van der Waals surface area contributed by atoms with E-state index in [0.29, 0.717) is 28.3 Å². The van der Waals surface area contributed by atoms with Gasteiger partial charge < -0.3 is 19.7 Å². The van der Waals surface area contributed by atoms with E-state index < -0.39 is 17.8 Å². The van der Waals surface area contributed by atoms with E-state index >= 15 is 0 Å². The Hall–Kier alpha value is -3.10. The predicted molar refractivity (Wildman–Crippen MR) is 121 cm³/mol. The van der Waals surface area contributed by atoms with Gasteiger partial charge in [0.1, 0.15) is 5.82 Å². The van der Waals surface area contributed by atoms with E-state index in [2.05, 4.69) is 5.32 Å². The molecule has 166 valence electrons. The molecule has 1 N–H and O–H groups in total. The van der Waals surface area contributed by atoms with Crippen molar-refractivity contribution in [3.05, 3.63) is 74.7 Å². The molecule has 0 bridgehead atoms. The van der Waals surface area contributed by atoms with Gasteiger partial charge in [-0.3, -0.25) is 9.59 Å². The van der Waals surface area contributed by atoms with Gasteiger partial charge in [-0.15, -0.1) is 11.3 Å². The lowest BCUT2D eigenvalue weighted by Crippen LogP contribution is -2.43. The minimum Gasteiger partial charge on any atom is -0.493 e. The number of amides is 2. The molecular formula is C23H20ClFN2O4S. The Kier molecular flexibility index (Phi) is 6.08. The third kappa shape index (κ3) is 3.80. The van der Waals surface area contributed by atoms with Gasteiger partial charge in [0.25, 0.3) is 5.91 Å². The van der Waals surface area contributed by atoms with Gasteiger partial charge in [0, 0.05) is 23.2 Å². The van der Waals surface area contributed by atoms with Gasteiger partial charge in [-0.25, -0.2) is 4.39 Å². The average Bonchev–Trinajstić information content (AvgIpc) is 3.32.